The van der Waals surface area contributed by atoms with Crippen LogP contribution in [-0.4, -0.2) is 38.7 Å². The highest BCUT2D eigenvalue weighted by molar-refractivity contribution is 5.15. The van der Waals surface area contributed by atoms with Crippen molar-refractivity contribution in [1.82, 2.24) is 4.57 Å². The van der Waals surface area contributed by atoms with Crippen LogP contribution in [0.4, 0.5) is 0 Å². The summed E-state index contributed by atoms with van der Waals surface area (Å²) in [6, 6.07) is 3.47. The highest BCUT2D eigenvalue weighted by Gasteiger charge is 2.28. The summed E-state index contributed by atoms with van der Waals surface area (Å²) in [5.74, 6) is 0. The van der Waals surface area contributed by atoms with Gasteiger partial charge < -0.3 is 19.9 Å². The lowest BCUT2D eigenvalue weighted by Crippen LogP contribution is -2.37. The zero-order valence-electron chi connectivity index (χ0n) is 18.6. The highest BCUT2D eigenvalue weighted by atomic mass is 16.3. The van der Waals surface area contributed by atoms with Crippen LogP contribution in [-0.2, 0) is 0 Å². The normalized spacial score (nSPS) is 14.9. The van der Waals surface area contributed by atoms with Gasteiger partial charge >= 0.3 is 0 Å². The maximum Gasteiger partial charge on any atom is 0.103 e. The smallest absolute Gasteiger partial charge is 0.103 e. The van der Waals surface area contributed by atoms with Crippen molar-refractivity contribution in [2.24, 2.45) is 0 Å². The Labute approximate surface area is 173 Å². The lowest BCUT2D eigenvalue weighted by Gasteiger charge is -2.29. The van der Waals surface area contributed by atoms with Crippen molar-refractivity contribution < 1.29 is 15.3 Å². The van der Waals surface area contributed by atoms with Crippen molar-refractivity contribution in [2.45, 2.75) is 122 Å². The molecule has 0 aliphatic rings. The highest BCUT2D eigenvalue weighted by Crippen LogP contribution is 2.23. The minimum atomic E-state index is -0.942. The first-order chi connectivity index (χ1) is 13.5. The van der Waals surface area contributed by atoms with Gasteiger partial charge in [0.1, 0.15) is 6.10 Å². The minimum Gasteiger partial charge on any atom is -0.394 e. The Bertz CT molecular complexity index is 481. The third-order valence-corrected chi connectivity index (χ3v) is 5.99. The zero-order chi connectivity index (χ0) is 20.8. The van der Waals surface area contributed by atoms with Gasteiger partial charge in [0, 0.05) is 11.4 Å². The maximum atomic E-state index is 10.5. The van der Waals surface area contributed by atoms with Gasteiger partial charge in [0.2, 0.25) is 0 Å². The molecule has 4 nitrogen and oxygen atoms in total. The van der Waals surface area contributed by atoms with E-state index in [9.17, 15) is 15.3 Å². The van der Waals surface area contributed by atoms with Crippen molar-refractivity contribution >= 4 is 0 Å². The molecule has 0 radical (unpaired) electrons. The van der Waals surface area contributed by atoms with Crippen LogP contribution in [0.1, 0.15) is 108 Å². The topological polar surface area (TPSA) is 65.6 Å². The molecule has 1 aromatic heterocycles. The van der Waals surface area contributed by atoms with E-state index in [4.69, 9.17) is 0 Å². The fourth-order valence-corrected chi connectivity index (χ4v) is 4.17. The molecule has 1 rings (SSSR count). The monoisotopic (exact) mass is 395 g/mol. The summed E-state index contributed by atoms with van der Waals surface area (Å²) in [5.41, 5.74) is 1.99. The largest absolute Gasteiger partial charge is 0.394 e. The van der Waals surface area contributed by atoms with Gasteiger partial charge in [-0.15, -0.1) is 0 Å². The Hall–Kier alpha value is -0.840. The van der Waals surface area contributed by atoms with Crippen molar-refractivity contribution in [3.05, 3.63) is 23.5 Å². The molecule has 0 aliphatic carbocycles. The molecular formula is C24H45NO3. The molecule has 0 fully saturated rings. The second-order valence-corrected chi connectivity index (χ2v) is 8.47. The van der Waals surface area contributed by atoms with E-state index in [1.54, 1.807) is 0 Å². The average Bonchev–Trinajstić information content (AvgIpc) is 3.01. The Morgan fingerprint density at radius 1 is 0.750 bits per heavy atom. The third-order valence-electron chi connectivity index (χ3n) is 5.99. The van der Waals surface area contributed by atoms with Crippen molar-refractivity contribution in [1.29, 1.82) is 0 Å². The summed E-state index contributed by atoms with van der Waals surface area (Å²) >= 11 is 0. The van der Waals surface area contributed by atoms with Crippen LogP contribution in [0.5, 0.6) is 0 Å². The fourth-order valence-electron chi connectivity index (χ4n) is 4.17. The Morgan fingerprint density at radius 3 is 1.61 bits per heavy atom. The van der Waals surface area contributed by atoms with Gasteiger partial charge in [-0.3, -0.25) is 0 Å². The summed E-state index contributed by atoms with van der Waals surface area (Å²) in [5, 5.41) is 30.7. The predicted octanol–water partition coefficient (Wildman–Crippen LogP) is 5.45. The van der Waals surface area contributed by atoms with Gasteiger partial charge in [-0.05, 0) is 32.4 Å². The molecule has 4 heteroatoms. The van der Waals surface area contributed by atoms with Crippen molar-refractivity contribution in [3.8, 4) is 0 Å². The summed E-state index contributed by atoms with van der Waals surface area (Å²) in [4.78, 5) is 0. The van der Waals surface area contributed by atoms with Crippen molar-refractivity contribution in [3.63, 3.8) is 0 Å². The second kappa shape index (κ2) is 15.1. The van der Waals surface area contributed by atoms with Crippen LogP contribution in [0.2, 0.25) is 0 Å². The third kappa shape index (κ3) is 9.11. The minimum absolute atomic E-state index is 0.174. The first-order valence-corrected chi connectivity index (χ1v) is 11.6. The second-order valence-electron chi connectivity index (χ2n) is 8.47. The Kier molecular flexibility index (Phi) is 13.6. The average molecular weight is 396 g/mol. The van der Waals surface area contributed by atoms with Crippen LogP contribution in [0.15, 0.2) is 12.1 Å². The molecule has 0 saturated carbocycles. The Balaban J connectivity index is 2.13. The summed E-state index contributed by atoms with van der Waals surface area (Å²) < 4.78 is 1.93. The maximum absolute atomic E-state index is 10.5. The molecule has 1 heterocycles. The summed E-state index contributed by atoms with van der Waals surface area (Å²) in [7, 11) is 0. The standard InChI is InChI=1S/C24H45NO3/c1-4-5-6-7-8-9-10-11-12-13-14-15-16-23(27)24(28)22(19-26)25-20(2)17-18-21(25)3/h17-18,22-24,26-28H,4-16,19H2,1-3H3/t22-,23+,24-/m0/s1. The van der Waals surface area contributed by atoms with E-state index in [-0.39, 0.29) is 6.61 Å². The van der Waals surface area contributed by atoms with E-state index in [0.717, 1.165) is 24.2 Å². The number of aliphatic hydroxyl groups is 3. The molecule has 0 amide bonds. The van der Waals surface area contributed by atoms with Gasteiger partial charge in [-0.25, -0.2) is 0 Å². The molecule has 1 aromatic rings. The SMILES string of the molecule is CCCCCCCCCCCCCC[C@@H](O)[C@@H](O)[C@H](CO)n1c(C)ccc1C. The first-order valence-electron chi connectivity index (χ1n) is 11.6. The molecule has 0 aliphatic heterocycles. The lowest BCUT2D eigenvalue weighted by atomic mass is 9.99. The van der Waals surface area contributed by atoms with E-state index in [0.29, 0.717) is 6.42 Å². The van der Waals surface area contributed by atoms with E-state index in [2.05, 4.69) is 6.92 Å². The van der Waals surface area contributed by atoms with Gasteiger partial charge in [0.25, 0.3) is 0 Å². The Morgan fingerprint density at radius 2 is 1.18 bits per heavy atom. The molecule has 164 valence electrons. The molecular weight excluding hydrogens is 350 g/mol. The van der Waals surface area contributed by atoms with Gasteiger partial charge in [0.05, 0.1) is 18.8 Å². The van der Waals surface area contributed by atoms with E-state index >= 15 is 0 Å². The van der Waals surface area contributed by atoms with E-state index in [1.807, 2.05) is 30.5 Å². The molecule has 0 spiro atoms. The van der Waals surface area contributed by atoms with Crippen LogP contribution in [0.25, 0.3) is 0 Å². The lowest BCUT2D eigenvalue weighted by molar-refractivity contribution is -0.0323. The molecule has 0 bridgehead atoms. The molecule has 0 aromatic carbocycles. The van der Waals surface area contributed by atoms with Crippen LogP contribution in [0, 0.1) is 13.8 Å². The van der Waals surface area contributed by atoms with E-state index in [1.165, 1.54) is 64.2 Å². The zero-order valence-corrected chi connectivity index (χ0v) is 18.6. The molecule has 28 heavy (non-hydrogen) atoms. The number of aryl methyl sites for hydroxylation is 2. The molecule has 0 unspecified atom stereocenters. The number of aromatic nitrogens is 1. The van der Waals surface area contributed by atoms with Crippen LogP contribution >= 0.6 is 0 Å². The number of aliphatic hydroxyl groups excluding tert-OH is 3. The van der Waals surface area contributed by atoms with Crippen LogP contribution < -0.4 is 0 Å². The van der Waals surface area contributed by atoms with Crippen molar-refractivity contribution in [2.75, 3.05) is 6.61 Å². The van der Waals surface area contributed by atoms with Gasteiger partial charge in [-0.2, -0.15) is 0 Å². The number of hydrogen-bond acceptors (Lipinski definition) is 3. The summed E-state index contributed by atoms with van der Waals surface area (Å²) in [6.45, 7) is 6.00. The number of nitrogens with zero attached hydrogens (tertiary/aromatic N) is 1. The van der Waals surface area contributed by atoms with Gasteiger partial charge in [-0.1, -0.05) is 84.0 Å². The van der Waals surface area contributed by atoms with Gasteiger partial charge in [0.15, 0.2) is 0 Å². The molecule has 3 N–H and O–H groups in total. The number of rotatable bonds is 17. The number of hydrogen-bond donors (Lipinski definition) is 3. The summed E-state index contributed by atoms with van der Waals surface area (Å²) in [6.07, 6.45) is 14.3. The molecule has 3 atom stereocenters. The predicted molar refractivity (Wildman–Crippen MR) is 118 cm³/mol. The fraction of sp³-hybridized carbons (Fsp3) is 0.833. The van der Waals surface area contributed by atoms with E-state index < -0.39 is 18.2 Å². The quantitative estimate of drug-likeness (QED) is 0.307. The molecule has 0 saturated heterocycles. The van der Waals surface area contributed by atoms with Crippen LogP contribution in [0.3, 0.4) is 0 Å². The number of unbranched alkanes of at least 4 members (excludes halogenated alkanes) is 11. The first kappa shape index (κ1) is 25.2.